The van der Waals surface area contributed by atoms with Crippen molar-refractivity contribution < 1.29 is 13.9 Å². The molecule has 0 radical (unpaired) electrons. The smallest absolute Gasteiger partial charge is 0.137 e. The average Bonchev–Trinajstić information content (AvgIpc) is 2.10. The standard InChI is InChI=1S/C9H10BrF2NO/c1-4(13)9(14)5-2-8(12)6(10)3-7(5)11/h2-4,9,14H,13H2,1H3/t4-,9-/m1/s1. The molecule has 0 aliphatic carbocycles. The van der Waals surface area contributed by atoms with Gasteiger partial charge in [-0.3, -0.25) is 0 Å². The number of nitrogens with two attached hydrogens (primary N) is 1. The highest BCUT2D eigenvalue weighted by Crippen LogP contribution is 2.25. The Kier molecular flexibility index (Phi) is 3.58. The van der Waals surface area contributed by atoms with Crippen LogP contribution in [0.2, 0.25) is 0 Å². The molecule has 0 amide bonds. The van der Waals surface area contributed by atoms with Crippen LogP contribution in [0.1, 0.15) is 18.6 Å². The predicted molar refractivity (Wildman–Crippen MR) is 52.7 cm³/mol. The fraction of sp³-hybridized carbons (Fsp3) is 0.333. The first-order valence-electron chi connectivity index (χ1n) is 4.01. The lowest BCUT2D eigenvalue weighted by molar-refractivity contribution is 0.148. The van der Waals surface area contributed by atoms with Crippen molar-refractivity contribution in [2.24, 2.45) is 5.73 Å². The van der Waals surface area contributed by atoms with Crippen LogP contribution in [0.25, 0.3) is 0 Å². The lowest BCUT2D eigenvalue weighted by atomic mass is 10.0. The maximum absolute atomic E-state index is 13.2. The normalized spacial score (nSPS) is 15.3. The monoisotopic (exact) mass is 265 g/mol. The van der Waals surface area contributed by atoms with E-state index in [9.17, 15) is 13.9 Å². The van der Waals surface area contributed by atoms with Crippen molar-refractivity contribution in [1.29, 1.82) is 0 Å². The first-order valence-corrected chi connectivity index (χ1v) is 4.81. The van der Waals surface area contributed by atoms with Crippen LogP contribution >= 0.6 is 15.9 Å². The average molecular weight is 266 g/mol. The van der Waals surface area contributed by atoms with E-state index in [1.165, 1.54) is 6.92 Å². The zero-order chi connectivity index (χ0) is 10.9. The summed E-state index contributed by atoms with van der Waals surface area (Å²) in [4.78, 5) is 0. The van der Waals surface area contributed by atoms with Gasteiger partial charge in [0.2, 0.25) is 0 Å². The van der Waals surface area contributed by atoms with Gasteiger partial charge in [0.05, 0.1) is 10.6 Å². The van der Waals surface area contributed by atoms with Crippen LogP contribution in [0.15, 0.2) is 16.6 Å². The summed E-state index contributed by atoms with van der Waals surface area (Å²) in [5.74, 6) is -1.30. The molecule has 1 aromatic rings. The van der Waals surface area contributed by atoms with Crippen molar-refractivity contribution in [1.82, 2.24) is 0 Å². The molecule has 2 nitrogen and oxygen atoms in total. The summed E-state index contributed by atoms with van der Waals surface area (Å²) in [5.41, 5.74) is 5.25. The summed E-state index contributed by atoms with van der Waals surface area (Å²) in [6, 6.07) is 1.26. The fourth-order valence-electron chi connectivity index (χ4n) is 1.05. The summed E-state index contributed by atoms with van der Waals surface area (Å²) in [7, 11) is 0. The summed E-state index contributed by atoms with van der Waals surface area (Å²) >= 11 is 2.84. The van der Waals surface area contributed by atoms with Crippen LogP contribution in [0.4, 0.5) is 8.78 Å². The third-order valence-electron chi connectivity index (χ3n) is 1.86. The molecule has 2 atom stereocenters. The van der Waals surface area contributed by atoms with Gasteiger partial charge >= 0.3 is 0 Å². The molecule has 14 heavy (non-hydrogen) atoms. The van der Waals surface area contributed by atoms with E-state index in [1.807, 2.05) is 0 Å². The lowest BCUT2D eigenvalue weighted by Crippen LogP contribution is -2.25. The van der Waals surface area contributed by atoms with E-state index in [-0.39, 0.29) is 10.0 Å². The molecule has 1 aromatic carbocycles. The first-order chi connectivity index (χ1) is 6.43. The summed E-state index contributed by atoms with van der Waals surface area (Å²) in [6.07, 6.45) is -1.20. The molecule has 0 heterocycles. The van der Waals surface area contributed by atoms with Gasteiger partial charge in [0.1, 0.15) is 11.6 Å². The molecule has 0 bridgehead atoms. The molecule has 5 heteroatoms. The minimum atomic E-state index is -1.20. The van der Waals surface area contributed by atoms with Crippen LogP contribution in [-0.4, -0.2) is 11.1 Å². The Balaban J connectivity index is 3.15. The number of hydrogen-bond acceptors (Lipinski definition) is 2. The highest BCUT2D eigenvalue weighted by molar-refractivity contribution is 9.10. The molecule has 0 unspecified atom stereocenters. The Morgan fingerprint density at radius 3 is 2.43 bits per heavy atom. The minimum Gasteiger partial charge on any atom is -0.387 e. The van der Waals surface area contributed by atoms with Crippen molar-refractivity contribution >= 4 is 15.9 Å². The van der Waals surface area contributed by atoms with E-state index in [0.29, 0.717) is 0 Å². The number of benzene rings is 1. The van der Waals surface area contributed by atoms with Crippen LogP contribution in [0.5, 0.6) is 0 Å². The van der Waals surface area contributed by atoms with Gasteiger partial charge in [-0.1, -0.05) is 0 Å². The summed E-state index contributed by atoms with van der Waals surface area (Å²) < 4.78 is 26.3. The Bertz CT molecular complexity index is 344. The molecule has 0 spiro atoms. The molecule has 78 valence electrons. The van der Waals surface area contributed by atoms with Gasteiger partial charge in [0.25, 0.3) is 0 Å². The van der Waals surface area contributed by atoms with Crippen molar-refractivity contribution in [2.45, 2.75) is 19.1 Å². The van der Waals surface area contributed by atoms with Crippen molar-refractivity contribution in [3.63, 3.8) is 0 Å². The Hall–Kier alpha value is -0.520. The predicted octanol–water partition coefficient (Wildman–Crippen LogP) is 2.11. The molecule has 1 rings (SSSR count). The lowest BCUT2D eigenvalue weighted by Gasteiger charge is -2.15. The zero-order valence-electron chi connectivity index (χ0n) is 7.47. The SMILES string of the molecule is C[C@@H](N)[C@@H](O)c1cc(F)c(Br)cc1F. The minimum absolute atomic E-state index is 0.0237. The second-order valence-corrected chi connectivity index (χ2v) is 3.95. The molecule has 0 fully saturated rings. The fourth-order valence-corrected chi connectivity index (χ4v) is 1.36. The van der Waals surface area contributed by atoms with E-state index in [1.54, 1.807) is 0 Å². The molecular formula is C9H10BrF2NO. The van der Waals surface area contributed by atoms with Gasteiger partial charge in [0.15, 0.2) is 0 Å². The molecule has 0 saturated heterocycles. The number of rotatable bonds is 2. The highest BCUT2D eigenvalue weighted by atomic mass is 79.9. The van der Waals surface area contributed by atoms with Crippen molar-refractivity contribution in [3.05, 3.63) is 33.8 Å². The number of hydrogen-bond donors (Lipinski definition) is 2. The number of halogens is 3. The van der Waals surface area contributed by atoms with Gasteiger partial charge in [-0.2, -0.15) is 0 Å². The van der Waals surface area contributed by atoms with E-state index < -0.39 is 23.8 Å². The van der Waals surface area contributed by atoms with Gasteiger partial charge < -0.3 is 10.8 Å². The summed E-state index contributed by atoms with van der Waals surface area (Å²) in [5, 5.41) is 9.45. The largest absolute Gasteiger partial charge is 0.387 e. The molecule has 0 saturated carbocycles. The van der Waals surface area contributed by atoms with Crippen molar-refractivity contribution in [2.75, 3.05) is 0 Å². The van der Waals surface area contributed by atoms with E-state index in [4.69, 9.17) is 5.73 Å². The Morgan fingerprint density at radius 1 is 1.36 bits per heavy atom. The molecule has 3 N–H and O–H groups in total. The third kappa shape index (κ3) is 2.29. The Morgan fingerprint density at radius 2 is 1.93 bits per heavy atom. The van der Waals surface area contributed by atoms with Crippen LogP contribution in [-0.2, 0) is 0 Å². The zero-order valence-corrected chi connectivity index (χ0v) is 9.05. The van der Waals surface area contributed by atoms with Gasteiger partial charge in [-0.05, 0) is 35.0 Å². The van der Waals surface area contributed by atoms with E-state index in [2.05, 4.69) is 15.9 Å². The van der Waals surface area contributed by atoms with E-state index in [0.717, 1.165) is 12.1 Å². The maximum Gasteiger partial charge on any atom is 0.137 e. The topological polar surface area (TPSA) is 46.2 Å². The second-order valence-electron chi connectivity index (χ2n) is 3.09. The van der Waals surface area contributed by atoms with Crippen LogP contribution < -0.4 is 5.73 Å². The van der Waals surface area contributed by atoms with Crippen LogP contribution in [0.3, 0.4) is 0 Å². The summed E-state index contributed by atoms with van der Waals surface area (Å²) in [6.45, 7) is 1.52. The molecular weight excluding hydrogens is 256 g/mol. The molecule has 0 aliphatic heterocycles. The first kappa shape index (κ1) is 11.6. The molecule has 0 aromatic heterocycles. The third-order valence-corrected chi connectivity index (χ3v) is 2.46. The molecule has 0 aliphatic rings. The number of aliphatic hydroxyl groups excluding tert-OH is 1. The number of aliphatic hydroxyl groups is 1. The maximum atomic E-state index is 13.2. The van der Waals surface area contributed by atoms with Gasteiger partial charge in [0, 0.05) is 11.6 Å². The quantitative estimate of drug-likeness (QED) is 0.805. The van der Waals surface area contributed by atoms with E-state index >= 15 is 0 Å². The Labute approximate surface area is 88.9 Å². The highest BCUT2D eigenvalue weighted by Gasteiger charge is 2.18. The van der Waals surface area contributed by atoms with Gasteiger partial charge in [-0.15, -0.1) is 0 Å². The van der Waals surface area contributed by atoms with Crippen molar-refractivity contribution in [3.8, 4) is 0 Å². The van der Waals surface area contributed by atoms with Gasteiger partial charge in [-0.25, -0.2) is 8.78 Å². The second kappa shape index (κ2) is 4.33. The van der Waals surface area contributed by atoms with Crippen LogP contribution in [0, 0.1) is 11.6 Å².